The van der Waals surface area contributed by atoms with Crippen molar-refractivity contribution in [2.45, 2.75) is 65.4 Å². The number of carbonyl (C=O) groups is 1. The number of rotatable bonds is 4. The van der Waals surface area contributed by atoms with Gasteiger partial charge in [0.25, 0.3) is 0 Å². The standard InChI is InChI=1S/C17H31NO2/c1-13(2)15-8-7-14(3)11-16(15)20-17(19)12-18-9-5-4-6-10-18/h13-16H,4-12H2,1-3H3/t14-,15+,16-/m1/s1. The van der Waals surface area contributed by atoms with Gasteiger partial charge in [0.2, 0.25) is 0 Å². The minimum absolute atomic E-state index is 0.00310. The summed E-state index contributed by atoms with van der Waals surface area (Å²) in [5.41, 5.74) is 0. The van der Waals surface area contributed by atoms with Crippen molar-refractivity contribution in [3.05, 3.63) is 0 Å². The molecule has 2 fully saturated rings. The van der Waals surface area contributed by atoms with Crippen LogP contribution in [0.25, 0.3) is 0 Å². The summed E-state index contributed by atoms with van der Waals surface area (Å²) >= 11 is 0. The van der Waals surface area contributed by atoms with Crippen molar-refractivity contribution in [3.63, 3.8) is 0 Å². The molecular weight excluding hydrogens is 250 g/mol. The van der Waals surface area contributed by atoms with Crippen LogP contribution in [0.3, 0.4) is 0 Å². The molecule has 1 heterocycles. The highest BCUT2D eigenvalue weighted by Gasteiger charge is 2.33. The van der Waals surface area contributed by atoms with Gasteiger partial charge in [-0.1, -0.05) is 33.6 Å². The zero-order valence-corrected chi connectivity index (χ0v) is 13.4. The quantitative estimate of drug-likeness (QED) is 0.739. The zero-order chi connectivity index (χ0) is 14.5. The normalized spacial score (nSPS) is 32.3. The van der Waals surface area contributed by atoms with Gasteiger partial charge in [0.1, 0.15) is 6.10 Å². The Bertz CT molecular complexity index is 310. The van der Waals surface area contributed by atoms with Gasteiger partial charge < -0.3 is 4.74 Å². The highest BCUT2D eigenvalue weighted by Crippen LogP contribution is 2.35. The molecule has 0 aromatic heterocycles. The summed E-state index contributed by atoms with van der Waals surface area (Å²) in [4.78, 5) is 14.4. The van der Waals surface area contributed by atoms with E-state index >= 15 is 0 Å². The lowest BCUT2D eigenvalue weighted by Gasteiger charge is -2.37. The van der Waals surface area contributed by atoms with Crippen LogP contribution in [0.2, 0.25) is 0 Å². The maximum Gasteiger partial charge on any atom is 0.320 e. The summed E-state index contributed by atoms with van der Waals surface area (Å²) in [7, 11) is 0. The SMILES string of the molecule is CC(C)[C@@H]1CC[C@@H](C)C[C@H]1OC(=O)CN1CCCCC1. The summed E-state index contributed by atoms with van der Waals surface area (Å²) in [6.07, 6.45) is 7.44. The molecule has 3 heteroatoms. The molecule has 1 aliphatic carbocycles. The maximum absolute atomic E-state index is 12.2. The molecule has 0 spiro atoms. The molecule has 0 N–H and O–H groups in total. The maximum atomic E-state index is 12.2. The molecule has 1 aliphatic heterocycles. The monoisotopic (exact) mass is 281 g/mol. The van der Waals surface area contributed by atoms with Gasteiger partial charge in [0.15, 0.2) is 0 Å². The summed E-state index contributed by atoms with van der Waals surface area (Å²) in [6.45, 7) is 9.41. The second kappa shape index (κ2) is 7.44. The van der Waals surface area contributed by atoms with E-state index in [2.05, 4.69) is 25.7 Å². The molecule has 20 heavy (non-hydrogen) atoms. The summed E-state index contributed by atoms with van der Waals surface area (Å²) in [5, 5.41) is 0. The molecule has 1 saturated carbocycles. The van der Waals surface area contributed by atoms with E-state index in [1.807, 2.05) is 0 Å². The lowest BCUT2D eigenvalue weighted by molar-refractivity contribution is -0.157. The van der Waals surface area contributed by atoms with E-state index in [0.29, 0.717) is 24.3 Å². The van der Waals surface area contributed by atoms with Crippen LogP contribution >= 0.6 is 0 Å². The Morgan fingerprint density at radius 2 is 1.90 bits per heavy atom. The van der Waals surface area contributed by atoms with Crippen molar-refractivity contribution in [1.29, 1.82) is 0 Å². The van der Waals surface area contributed by atoms with E-state index in [-0.39, 0.29) is 12.1 Å². The largest absolute Gasteiger partial charge is 0.461 e. The van der Waals surface area contributed by atoms with Crippen LogP contribution in [-0.2, 0) is 9.53 Å². The number of ether oxygens (including phenoxy) is 1. The number of likely N-dealkylation sites (tertiary alicyclic amines) is 1. The molecule has 116 valence electrons. The fourth-order valence-corrected chi connectivity index (χ4v) is 3.76. The number of nitrogens with zero attached hydrogens (tertiary/aromatic N) is 1. The molecule has 3 atom stereocenters. The Morgan fingerprint density at radius 1 is 1.20 bits per heavy atom. The van der Waals surface area contributed by atoms with Crippen LogP contribution in [0.1, 0.15) is 59.3 Å². The fourth-order valence-electron chi connectivity index (χ4n) is 3.76. The molecule has 0 radical (unpaired) electrons. The molecule has 2 aliphatic rings. The highest BCUT2D eigenvalue weighted by molar-refractivity contribution is 5.71. The molecule has 3 nitrogen and oxygen atoms in total. The second-order valence-electron chi connectivity index (χ2n) is 7.19. The van der Waals surface area contributed by atoms with E-state index in [1.54, 1.807) is 0 Å². The molecule has 1 saturated heterocycles. The van der Waals surface area contributed by atoms with E-state index < -0.39 is 0 Å². The van der Waals surface area contributed by atoms with Gasteiger partial charge in [-0.25, -0.2) is 0 Å². The van der Waals surface area contributed by atoms with Crippen molar-refractivity contribution in [3.8, 4) is 0 Å². The molecular formula is C17H31NO2. The van der Waals surface area contributed by atoms with Crippen LogP contribution in [0, 0.1) is 17.8 Å². The third-order valence-corrected chi connectivity index (χ3v) is 5.05. The van der Waals surface area contributed by atoms with Crippen molar-refractivity contribution in [2.24, 2.45) is 17.8 Å². The average molecular weight is 281 g/mol. The van der Waals surface area contributed by atoms with Gasteiger partial charge >= 0.3 is 5.97 Å². The third-order valence-electron chi connectivity index (χ3n) is 5.05. The number of hydrogen-bond acceptors (Lipinski definition) is 3. The van der Waals surface area contributed by atoms with E-state index in [9.17, 15) is 4.79 Å². The summed E-state index contributed by atoms with van der Waals surface area (Å²) < 4.78 is 5.86. The second-order valence-corrected chi connectivity index (χ2v) is 7.19. The first-order chi connectivity index (χ1) is 9.56. The molecule has 0 aromatic rings. The average Bonchev–Trinajstić information content (AvgIpc) is 2.39. The first kappa shape index (κ1) is 15.8. The Hall–Kier alpha value is -0.570. The first-order valence-corrected chi connectivity index (χ1v) is 8.48. The predicted octanol–water partition coefficient (Wildman–Crippen LogP) is 3.48. The van der Waals surface area contributed by atoms with Gasteiger partial charge in [0.05, 0.1) is 6.54 Å². The van der Waals surface area contributed by atoms with Crippen LogP contribution in [0.5, 0.6) is 0 Å². The Labute approximate surface area is 124 Å². The summed E-state index contributed by atoms with van der Waals surface area (Å²) in [5.74, 6) is 1.85. The van der Waals surface area contributed by atoms with Crippen LogP contribution < -0.4 is 0 Å². The van der Waals surface area contributed by atoms with E-state index in [4.69, 9.17) is 4.74 Å². The Balaban J connectivity index is 1.83. The van der Waals surface area contributed by atoms with Gasteiger partial charge in [-0.05, 0) is 56.5 Å². The van der Waals surface area contributed by atoms with Gasteiger partial charge in [-0.3, -0.25) is 9.69 Å². The van der Waals surface area contributed by atoms with Crippen LogP contribution in [0.15, 0.2) is 0 Å². The van der Waals surface area contributed by atoms with Crippen molar-refractivity contribution < 1.29 is 9.53 Å². The van der Waals surface area contributed by atoms with Gasteiger partial charge in [-0.2, -0.15) is 0 Å². The smallest absolute Gasteiger partial charge is 0.320 e. The third kappa shape index (κ3) is 4.47. The van der Waals surface area contributed by atoms with Gasteiger partial charge in [-0.15, -0.1) is 0 Å². The van der Waals surface area contributed by atoms with Crippen molar-refractivity contribution in [1.82, 2.24) is 4.90 Å². The minimum atomic E-state index is -0.00310. The molecule has 2 rings (SSSR count). The number of carbonyl (C=O) groups excluding carboxylic acids is 1. The number of esters is 1. The van der Waals surface area contributed by atoms with E-state index in [0.717, 1.165) is 19.5 Å². The first-order valence-electron chi connectivity index (χ1n) is 8.48. The lowest BCUT2D eigenvalue weighted by Crippen LogP contribution is -2.40. The zero-order valence-electron chi connectivity index (χ0n) is 13.4. The van der Waals surface area contributed by atoms with E-state index in [1.165, 1.54) is 32.1 Å². The van der Waals surface area contributed by atoms with Crippen molar-refractivity contribution in [2.75, 3.05) is 19.6 Å². The lowest BCUT2D eigenvalue weighted by atomic mass is 9.75. The Kier molecular flexibility index (Phi) is 5.88. The Morgan fingerprint density at radius 3 is 2.55 bits per heavy atom. The van der Waals surface area contributed by atoms with Crippen molar-refractivity contribution >= 4 is 5.97 Å². The topological polar surface area (TPSA) is 29.5 Å². The molecule has 0 bridgehead atoms. The molecule has 0 amide bonds. The predicted molar refractivity (Wildman–Crippen MR) is 81.5 cm³/mol. The van der Waals surface area contributed by atoms with Gasteiger partial charge in [0, 0.05) is 0 Å². The van der Waals surface area contributed by atoms with Crippen LogP contribution in [0.4, 0.5) is 0 Å². The fraction of sp³-hybridized carbons (Fsp3) is 0.941. The highest BCUT2D eigenvalue weighted by atomic mass is 16.5. The minimum Gasteiger partial charge on any atom is -0.461 e. The number of hydrogen-bond donors (Lipinski definition) is 0. The van der Waals surface area contributed by atoms with Crippen LogP contribution in [-0.4, -0.2) is 36.6 Å². The molecule has 0 aromatic carbocycles. The number of piperidine rings is 1. The summed E-state index contributed by atoms with van der Waals surface area (Å²) in [6, 6.07) is 0. The molecule has 0 unspecified atom stereocenters.